The number of anilines is 1. The second kappa shape index (κ2) is 9.77. The molecule has 0 spiro atoms. The predicted octanol–water partition coefficient (Wildman–Crippen LogP) is 4.35. The highest BCUT2D eigenvalue weighted by atomic mass is 32.2. The summed E-state index contributed by atoms with van der Waals surface area (Å²) >= 11 is 6.66. The Hall–Kier alpha value is -2.84. The van der Waals surface area contributed by atoms with Crippen molar-refractivity contribution < 1.29 is 23.8 Å². The number of carbonyl (C=O) groups is 2. The van der Waals surface area contributed by atoms with Gasteiger partial charge in [0.2, 0.25) is 0 Å². The van der Waals surface area contributed by atoms with Gasteiger partial charge in [-0.3, -0.25) is 9.69 Å². The molecule has 0 aromatic heterocycles. The molecule has 0 saturated carbocycles. The number of thiocarbonyl (C=S) groups is 1. The number of amides is 1. The maximum atomic E-state index is 13.1. The summed E-state index contributed by atoms with van der Waals surface area (Å²) in [5, 5.41) is 0. The van der Waals surface area contributed by atoms with Crippen molar-refractivity contribution >= 4 is 51.9 Å². The number of hydrogen-bond donors (Lipinski definition) is 0. The summed E-state index contributed by atoms with van der Waals surface area (Å²) in [5.41, 5.74) is 2.36. The van der Waals surface area contributed by atoms with Crippen molar-refractivity contribution in [1.29, 1.82) is 0 Å². The predicted molar refractivity (Wildman–Crippen MR) is 122 cm³/mol. The van der Waals surface area contributed by atoms with Crippen LogP contribution in [0.1, 0.15) is 18.1 Å². The van der Waals surface area contributed by atoms with Crippen molar-refractivity contribution in [1.82, 2.24) is 0 Å². The highest BCUT2D eigenvalue weighted by Gasteiger charge is 2.33. The SMILES string of the molecule is CCOC(=O)COc1c(/C=C2/SC(=S)N(c3cccc(C)c3)C2=O)cccc1OC. The Morgan fingerprint density at radius 3 is 2.70 bits per heavy atom. The van der Waals surface area contributed by atoms with Crippen LogP contribution >= 0.6 is 24.0 Å². The number of thioether (sulfide) groups is 1. The van der Waals surface area contributed by atoms with Crippen LogP contribution in [0.15, 0.2) is 47.4 Å². The lowest BCUT2D eigenvalue weighted by Gasteiger charge is -2.15. The lowest BCUT2D eigenvalue weighted by atomic mass is 10.1. The number of methoxy groups -OCH3 is 1. The van der Waals surface area contributed by atoms with Crippen LogP contribution in [0, 0.1) is 6.92 Å². The Kier molecular flexibility index (Phi) is 7.12. The zero-order valence-corrected chi connectivity index (χ0v) is 18.5. The fourth-order valence-electron chi connectivity index (χ4n) is 2.89. The fourth-order valence-corrected chi connectivity index (χ4v) is 4.18. The van der Waals surface area contributed by atoms with Gasteiger partial charge in [-0.15, -0.1) is 0 Å². The molecule has 0 atom stereocenters. The molecule has 0 aliphatic carbocycles. The fraction of sp³-hybridized carbons (Fsp3) is 0.227. The van der Waals surface area contributed by atoms with Crippen molar-refractivity contribution in [3.8, 4) is 11.5 Å². The second-order valence-corrected chi connectivity index (χ2v) is 8.00. The zero-order valence-electron chi connectivity index (χ0n) is 16.8. The van der Waals surface area contributed by atoms with E-state index in [9.17, 15) is 9.59 Å². The summed E-state index contributed by atoms with van der Waals surface area (Å²) < 4.78 is 16.4. The van der Waals surface area contributed by atoms with Crippen LogP contribution in [0.5, 0.6) is 11.5 Å². The molecule has 0 unspecified atom stereocenters. The quantitative estimate of drug-likeness (QED) is 0.358. The molecular formula is C22H21NO5S2. The molecule has 2 aromatic carbocycles. The molecular weight excluding hydrogens is 422 g/mol. The van der Waals surface area contributed by atoms with Gasteiger partial charge in [0, 0.05) is 5.56 Å². The summed E-state index contributed by atoms with van der Waals surface area (Å²) in [4.78, 5) is 26.7. The number of nitrogens with zero attached hydrogens (tertiary/aromatic N) is 1. The first-order valence-corrected chi connectivity index (χ1v) is 10.5. The molecule has 30 heavy (non-hydrogen) atoms. The van der Waals surface area contributed by atoms with Crippen molar-refractivity contribution in [2.45, 2.75) is 13.8 Å². The van der Waals surface area contributed by atoms with E-state index in [1.54, 1.807) is 31.2 Å². The van der Waals surface area contributed by atoms with Crippen LogP contribution in [0.4, 0.5) is 5.69 Å². The number of esters is 1. The maximum Gasteiger partial charge on any atom is 0.344 e. The molecule has 1 fully saturated rings. The molecule has 1 saturated heterocycles. The Labute approximate surface area is 184 Å². The highest BCUT2D eigenvalue weighted by Crippen LogP contribution is 2.39. The van der Waals surface area contributed by atoms with Gasteiger partial charge in [-0.05, 0) is 43.7 Å². The van der Waals surface area contributed by atoms with Crippen molar-refractivity contribution in [3.05, 3.63) is 58.5 Å². The van der Waals surface area contributed by atoms with Crippen molar-refractivity contribution in [2.75, 3.05) is 25.2 Å². The Morgan fingerprint density at radius 2 is 2.00 bits per heavy atom. The number of carbonyl (C=O) groups excluding carboxylic acids is 2. The summed E-state index contributed by atoms with van der Waals surface area (Å²) in [6.45, 7) is 3.69. The number of ether oxygens (including phenoxy) is 3. The Morgan fingerprint density at radius 1 is 1.23 bits per heavy atom. The number of hydrogen-bond acceptors (Lipinski definition) is 7. The smallest absolute Gasteiger partial charge is 0.344 e. The zero-order chi connectivity index (χ0) is 21.7. The lowest BCUT2D eigenvalue weighted by Crippen LogP contribution is -2.27. The van der Waals surface area contributed by atoms with Crippen molar-refractivity contribution in [2.24, 2.45) is 0 Å². The van der Waals surface area contributed by atoms with Crippen LogP contribution in [-0.2, 0) is 14.3 Å². The summed E-state index contributed by atoms with van der Waals surface area (Å²) in [5.74, 6) is 0.103. The molecule has 1 aliphatic rings. The number of benzene rings is 2. The third-order valence-corrected chi connectivity index (χ3v) is 5.51. The topological polar surface area (TPSA) is 65.1 Å². The van der Waals surface area contributed by atoms with Gasteiger partial charge in [0.05, 0.1) is 24.3 Å². The second-order valence-electron chi connectivity index (χ2n) is 6.33. The van der Waals surface area contributed by atoms with E-state index in [0.717, 1.165) is 11.3 Å². The van der Waals surface area contributed by atoms with E-state index in [4.69, 9.17) is 26.4 Å². The minimum absolute atomic E-state index is 0.213. The normalized spacial score (nSPS) is 14.9. The maximum absolute atomic E-state index is 13.1. The first-order chi connectivity index (χ1) is 14.4. The van der Waals surface area contributed by atoms with Crippen LogP contribution in [-0.4, -0.2) is 36.5 Å². The number of aryl methyl sites for hydroxylation is 1. The number of para-hydroxylation sites is 1. The van der Waals surface area contributed by atoms with Gasteiger partial charge in [0.15, 0.2) is 22.4 Å². The van der Waals surface area contributed by atoms with Gasteiger partial charge in [-0.1, -0.05) is 48.2 Å². The van der Waals surface area contributed by atoms with E-state index in [0.29, 0.717) is 26.3 Å². The third-order valence-electron chi connectivity index (χ3n) is 4.21. The first-order valence-electron chi connectivity index (χ1n) is 9.24. The van der Waals surface area contributed by atoms with Crippen molar-refractivity contribution in [3.63, 3.8) is 0 Å². The van der Waals surface area contributed by atoms with Gasteiger partial charge in [0.1, 0.15) is 0 Å². The van der Waals surface area contributed by atoms with E-state index in [1.165, 1.54) is 23.8 Å². The molecule has 156 valence electrons. The van der Waals surface area contributed by atoms with E-state index in [1.807, 2.05) is 31.2 Å². The minimum Gasteiger partial charge on any atom is -0.493 e. The van der Waals surface area contributed by atoms with Crippen LogP contribution in [0.25, 0.3) is 6.08 Å². The molecule has 6 nitrogen and oxygen atoms in total. The third kappa shape index (κ3) is 4.83. The largest absolute Gasteiger partial charge is 0.493 e. The lowest BCUT2D eigenvalue weighted by molar-refractivity contribution is -0.145. The number of rotatable bonds is 7. The molecule has 0 bridgehead atoms. The van der Waals surface area contributed by atoms with Crippen LogP contribution < -0.4 is 14.4 Å². The van der Waals surface area contributed by atoms with Gasteiger partial charge in [-0.2, -0.15) is 0 Å². The van der Waals surface area contributed by atoms with Crippen LogP contribution in [0.2, 0.25) is 0 Å². The Bertz CT molecular complexity index is 1020. The highest BCUT2D eigenvalue weighted by molar-refractivity contribution is 8.27. The molecule has 1 aliphatic heterocycles. The van der Waals surface area contributed by atoms with Gasteiger partial charge < -0.3 is 14.2 Å². The average molecular weight is 444 g/mol. The molecule has 1 amide bonds. The van der Waals surface area contributed by atoms with E-state index in [2.05, 4.69) is 0 Å². The molecule has 2 aromatic rings. The first kappa shape index (κ1) is 21.9. The summed E-state index contributed by atoms with van der Waals surface area (Å²) in [7, 11) is 1.51. The molecule has 0 radical (unpaired) electrons. The van der Waals surface area contributed by atoms with E-state index in [-0.39, 0.29) is 19.1 Å². The standard InChI is InChI=1S/C22H21NO5S2/c1-4-27-19(24)13-28-20-15(8-6-10-17(20)26-3)12-18-21(25)23(22(29)30-18)16-9-5-7-14(2)11-16/h5-12H,4,13H2,1-3H3/b18-12+. The van der Waals surface area contributed by atoms with E-state index >= 15 is 0 Å². The molecule has 0 N–H and O–H groups in total. The van der Waals surface area contributed by atoms with Gasteiger partial charge in [0.25, 0.3) is 5.91 Å². The summed E-state index contributed by atoms with van der Waals surface area (Å²) in [6, 6.07) is 12.9. The minimum atomic E-state index is -0.486. The van der Waals surface area contributed by atoms with Gasteiger partial charge >= 0.3 is 5.97 Å². The molecule has 8 heteroatoms. The van der Waals surface area contributed by atoms with E-state index < -0.39 is 5.97 Å². The summed E-state index contributed by atoms with van der Waals surface area (Å²) in [6.07, 6.45) is 1.69. The molecule has 3 rings (SSSR count). The average Bonchev–Trinajstić information content (AvgIpc) is 3.00. The van der Waals surface area contributed by atoms with Crippen LogP contribution in [0.3, 0.4) is 0 Å². The van der Waals surface area contributed by atoms with Gasteiger partial charge in [-0.25, -0.2) is 4.79 Å². The monoisotopic (exact) mass is 443 g/mol. The Balaban J connectivity index is 1.92. The molecule has 1 heterocycles.